The molecule has 2 heterocycles. The monoisotopic (exact) mass is 410 g/mol. The lowest BCUT2D eigenvalue weighted by atomic mass is 10.0. The third-order valence-corrected chi connectivity index (χ3v) is 6.23. The molecular formula is C21H38N4O2S. The summed E-state index contributed by atoms with van der Waals surface area (Å²) in [5, 5.41) is 16.2. The highest BCUT2D eigenvalue weighted by molar-refractivity contribution is 7.12. The third-order valence-electron chi connectivity index (χ3n) is 5.12. The van der Waals surface area contributed by atoms with Crippen LogP contribution in [0, 0.1) is 12.8 Å². The molecule has 0 saturated carbocycles. The van der Waals surface area contributed by atoms with E-state index in [0.717, 1.165) is 71.2 Å². The topological polar surface area (TPSA) is 69.1 Å². The Morgan fingerprint density at radius 3 is 2.64 bits per heavy atom. The van der Waals surface area contributed by atoms with Crippen LogP contribution in [-0.4, -0.2) is 68.5 Å². The van der Waals surface area contributed by atoms with E-state index < -0.39 is 0 Å². The summed E-state index contributed by atoms with van der Waals surface area (Å²) in [6.45, 7) is 12.6. The van der Waals surface area contributed by atoms with Crippen molar-refractivity contribution in [1.29, 1.82) is 0 Å². The molecule has 0 bridgehead atoms. The number of rotatable bonds is 11. The molecule has 28 heavy (non-hydrogen) atoms. The average Bonchev–Trinajstić information content (AvgIpc) is 3.13. The number of guanidine groups is 1. The van der Waals surface area contributed by atoms with Crippen molar-refractivity contribution < 1.29 is 9.84 Å². The van der Waals surface area contributed by atoms with E-state index in [0.29, 0.717) is 12.0 Å². The smallest absolute Gasteiger partial charge is 0.191 e. The van der Waals surface area contributed by atoms with E-state index in [4.69, 9.17) is 9.73 Å². The van der Waals surface area contributed by atoms with Crippen LogP contribution >= 0.6 is 11.3 Å². The molecule has 1 aromatic rings. The van der Waals surface area contributed by atoms with Crippen LogP contribution in [0.1, 0.15) is 48.9 Å². The van der Waals surface area contributed by atoms with E-state index in [-0.39, 0.29) is 6.61 Å². The summed E-state index contributed by atoms with van der Waals surface area (Å²) in [7, 11) is 0. The number of aryl methyl sites for hydroxylation is 1. The van der Waals surface area contributed by atoms with Gasteiger partial charge >= 0.3 is 0 Å². The molecule has 160 valence electrons. The molecule has 0 amide bonds. The molecule has 0 radical (unpaired) electrons. The minimum atomic E-state index is 0.237. The van der Waals surface area contributed by atoms with Crippen molar-refractivity contribution in [3.05, 3.63) is 21.9 Å². The van der Waals surface area contributed by atoms with E-state index in [2.05, 4.69) is 48.4 Å². The van der Waals surface area contributed by atoms with Gasteiger partial charge in [-0.2, -0.15) is 0 Å². The summed E-state index contributed by atoms with van der Waals surface area (Å²) in [6.07, 6.45) is 3.05. The Balaban J connectivity index is 2.02. The molecule has 2 atom stereocenters. The molecule has 6 nitrogen and oxygen atoms in total. The molecule has 7 heteroatoms. The van der Waals surface area contributed by atoms with Crippen LogP contribution in [0.2, 0.25) is 0 Å². The fourth-order valence-corrected chi connectivity index (χ4v) is 4.62. The highest BCUT2D eigenvalue weighted by atomic mass is 32.1. The van der Waals surface area contributed by atoms with Gasteiger partial charge in [-0.1, -0.05) is 13.3 Å². The Morgan fingerprint density at radius 2 is 2.04 bits per heavy atom. The van der Waals surface area contributed by atoms with E-state index in [1.54, 1.807) is 0 Å². The van der Waals surface area contributed by atoms with E-state index in [1.165, 1.54) is 9.75 Å². The second-order valence-corrected chi connectivity index (χ2v) is 8.70. The molecule has 1 aliphatic rings. The predicted octanol–water partition coefficient (Wildman–Crippen LogP) is 2.78. The second-order valence-electron chi connectivity index (χ2n) is 7.38. The Labute approximate surface area is 174 Å². The molecule has 0 aromatic carbocycles. The zero-order valence-corrected chi connectivity index (χ0v) is 18.6. The molecule has 1 aromatic heterocycles. The maximum absolute atomic E-state index is 9.29. The number of nitrogens with one attached hydrogen (secondary N) is 2. The first kappa shape index (κ1) is 23.1. The summed E-state index contributed by atoms with van der Waals surface area (Å²) in [5.41, 5.74) is 0. The predicted molar refractivity (Wildman–Crippen MR) is 118 cm³/mol. The molecule has 1 aliphatic heterocycles. The summed E-state index contributed by atoms with van der Waals surface area (Å²) < 4.78 is 5.55. The fraction of sp³-hybridized carbons (Fsp3) is 0.762. The number of aliphatic hydroxyl groups is 1. The number of aliphatic hydroxyl groups excluding tert-OH is 1. The van der Waals surface area contributed by atoms with Crippen molar-refractivity contribution in [2.45, 2.75) is 46.1 Å². The Kier molecular flexibility index (Phi) is 10.9. The highest BCUT2D eigenvalue weighted by Gasteiger charge is 2.24. The molecule has 1 saturated heterocycles. The van der Waals surface area contributed by atoms with E-state index in [1.807, 2.05) is 11.3 Å². The lowest BCUT2D eigenvalue weighted by Gasteiger charge is -2.34. The van der Waals surface area contributed by atoms with Gasteiger partial charge in [-0.3, -0.25) is 9.89 Å². The number of ether oxygens (including phenoxy) is 1. The molecular weight excluding hydrogens is 372 g/mol. The molecule has 3 N–H and O–H groups in total. The summed E-state index contributed by atoms with van der Waals surface area (Å²) in [5.74, 6) is 1.31. The van der Waals surface area contributed by atoms with Crippen molar-refractivity contribution in [3.8, 4) is 0 Å². The molecule has 1 fully saturated rings. The normalized spacial score (nSPS) is 18.1. The van der Waals surface area contributed by atoms with Gasteiger partial charge in [-0.05, 0) is 44.7 Å². The number of nitrogens with zero attached hydrogens (tertiary/aromatic N) is 2. The van der Waals surface area contributed by atoms with Crippen LogP contribution in [0.15, 0.2) is 17.1 Å². The molecule has 0 aliphatic carbocycles. The van der Waals surface area contributed by atoms with Crippen LogP contribution < -0.4 is 10.6 Å². The first-order valence-corrected chi connectivity index (χ1v) is 11.5. The largest absolute Gasteiger partial charge is 0.396 e. The molecule has 2 unspecified atom stereocenters. The standard InChI is InChI=1S/C21H38N4O2S/c1-4-6-18(9-12-26)15-23-21(22-5-2)24-16-19(20-8-7-17(3)28-20)25-10-13-27-14-11-25/h7-8,18-19,26H,4-6,9-16H2,1-3H3,(H2,22,23,24). The van der Waals surface area contributed by atoms with Gasteiger partial charge in [-0.15, -0.1) is 11.3 Å². The lowest BCUT2D eigenvalue weighted by molar-refractivity contribution is 0.0177. The summed E-state index contributed by atoms with van der Waals surface area (Å²) in [4.78, 5) is 10.1. The lowest BCUT2D eigenvalue weighted by Crippen LogP contribution is -2.46. The number of hydrogen-bond donors (Lipinski definition) is 3. The Hall–Kier alpha value is -1.15. The van der Waals surface area contributed by atoms with Crippen LogP contribution in [0.3, 0.4) is 0 Å². The van der Waals surface area contributed by atoms with Crippen molar-refractivity contribution in [1.82, 2.24) is 15.5 Å². The third kappa shape index (κ3) is 7.70. The van der Waals surface area contributed by atoms with Crippen molar-refractivity contribution in [3.63, 3.8) is 0 Å². The fourth-order valence-electron chi connectivity index (χ4n) is 3.60. The number of morpholine rings is 1. The van der Waals surface area contributed by atoms with E-state index >= 15 is 0 Å². The zero-order valence-electron chi connectivity index (χ0n) is 17.7. The van der Waals surface area contributed by atoms with Crippen LogP contribution in [-0.2, 0) is 4.74 Å². The van der Waals surface area contributed by atoms with Crippen LogP contribution in [0.5, 0.6) is 0 Å². The maximum atomic E-state index is 9.29. The van der Waals surface area contributed by atoms with Gasteiger partial charge in [0.15, 0.2) is 5.96 Å². The maximum Gasteiger partial charge on any atom is 0.191 e. The van der Waals surface area contributed by atoms with Crippen molar-refractivity contribution >= 4 is 17.3 Å². The first-order valence-electron chi connectivity index (χ1n) is 10.7. The van der Waals surface area contributed by atoms with Crippen LogP contribution in [0.4, 0.5) is 0 Å². The molecule has 0 spiro atoms. The van der Waals surface area contributed by atoms with Crippen LogP contribution in [0.25, 0.3) is 0 Å². The van der Waals surface area contributed by atoms with E-state index in [9.17, 15) is 5.11 Å². The Morgan fingerprint density at radius 1 is 1.25 bits per heavy atom. The van der Waals surface area contributed by atoms with Gasteiger partial charge in [0.25, 0.3) is 0 Å². The van der Waals surface area contributed by atoms with Gasteiger partial charge in [0, 0.05) is 49.1 Å². The first-order chi connectivity index (χ1) is 13.7. The second kappa shape index (κ2) is 13.1. The Bertz CT molecular complexity index is 567. The summed E-state index contributed by atoms with van der Waals surface area (Å²) in [6, 6.07) is 4.79. The van der Waals surface area contributed by atoms with Crippen molar-refractivity contribution in [2.75, 3.05) is 52.5 Å². The average molecular weight is 411 g/mol. The van der Waals surface area contributed by atoms with Gasteiger partial charge in [0.2, 0.25) is 0 Å². The number of thiophene rings is 1. The molecule has 2 rings (SSSR count). The minimum Gasteiger partial charge on any atom is -0.396 e. The van der Waals surface area contributed by atoms with Gasteiger partial charge in [0.05, 0.1) is 19.3 Å². The zero-order chi connectivity index (χ0) is 20.2. The summed E-state index contributed by atoms with van der Waals surface area (Å²) >= 11 is 1.88. The number of hydrogen-bond acceptors (Lipinski definition) is 5. The number of aliphatic imine (C=N–C) groups is 1. The quantitative estimate of drug-likeness (QED) is 0.387. The highest BCUT2D eigenvalue weighted by Crippen LogP contribution is 2.27. The SMILES string of the molecule is CCCC(CCO)CN=C(NCC)NCC(c1ccc(C)s1)N1CCOCC1. The minimum absolute atomic E-state index is 0.237. The van der Waals surface area contributed by atoms with Gasteiger partial charge < -0.3 is 20.5 Å². The van der Waals surface area contributed by atoms with Crippen molar-refractivity contribution in [2.24, 2.45) is 10.9 Å². The van der Waals surface area contributed by atoms with Gasteiger partial charge in [0.1, 0.15) is 0 Å². The van der Waals surface area contributed by atoms with Gasteiger partial charge in [-0.25, -0.2) is 0 Å².